The van der Waals surface area contributed by atoms with Crippen molar-refractivity contribution in [1.29, 1.82) is 5.26 Å². The number of nitriles is 1. The van der Waals surface area contributed by atoms with Crippen LogP contribution in [0.15, 0.2) is 54.1 Å². The minimum Gasteiger partial charge on any atom is -0.351 e. The van der Waals surface area contributed by atoms with Gasteiger partial charge in [0, 0.05) is 23.3 Å². The highest BCUT2D eigenvalue weighted by Gasteiger charge is 2.28. The van der Waals surface area contributed by atoms with Gasteiger partial charge in [-0.2, -0.15) is 5.26 Å². The molecule has 6 nitrogen and oxygen atoms in total. The van der Waals surface area contributed by atoms with Crippen LogP contribution in [0.5, 0.6) is 0 Å². The Hall–Kier alpha value is -3.37. The van der Waals surface area contributed by atoms with Gasteiger partial charge < -0.3 is 9.88 Å². The van der Waals surface area contributed by atoms with Gasteiger partial charge in [-0.15, -0.1) is 0 Å². The zero-order chi connectivity index (χ0) is 22.9. The van der Waals surface area contributed by atoms with E-state index >= 15 is 0 Å². The summed E-state index contributed by atoms with van der Waals surface area (Å²) in [5.41, 5.74) is 3.78. The molecule has 1 N–H and O–H groups in total. The third kappa shape index (κ3) is 4.32. The molecular formula is C25H25N3O3S. The van der Waals surface area contributed by atoms with Crippen molar-refractivity contribution >= 4 is 32.6 Å². The van der Waals surface area contributed by atoms with Crippen molar-refractivity contribution < 1.29 is 13.2 Å². The number of carbonyl (C=O) groups excluding carboxylic acids is 1. The van der Waals surface area contributed by atoms with E-state index in [1.165, 1.54) is 0 Å². The van der Waals surface area contributed by atoms with Crippen LogP contribution in [0.1, 0.15) is 23.4 Å². The van der Waals surface area contributed by atoms with E-state index in [1.807, 2.05) is 44.2 Å². The van der Waals surface area contributed by atoms with Crippen LogP contribution in [0.4, 0.5) is 0 Å². The number of sulfone groups is 1. The molecule has 1 aliphatic heterocycles. The molecule has 4 rings (SSSR count). The van der Waals surface area contributed by atoms with Crippen molar-refractivity contribution in [1.82, 2.24) is 9.88 Å². The van der Waals surface area contributed by atoms with Crippen molar-refractivity contribution in [3.05, 3.63) is 71.1 Å². The third-order valence-corrected chi connectivity index (χ3v) is 7.86. The first-order valence-electron chi connectivity index (χ1n) is 10.6. The van der Waals surface area contributed by atoms with E-state index in [4.69, 9.17) is 0 Å². The molecule has 2 aromatic carbocycles. The van der Waals surface area contributed by atoms with Crippen molar-refractivity contribution in [3.8, 4) is 11.8 Å². The molecule has 3 aromatic rings. The number of nitrogens with zero attached hydrogens (tertiary/aromatic N) is 2. The van der Waals surface area contributed by atoms with E-state index in [0.717, 1.165) is 33.4 Å². The number of amides is 1. The Labute approximate surface area is 188 Å². The van der Waals surface area contributed by atoms with Gasteiger partial charge in [-0.05, 0) is 55.3 Å². The maximum absolute atomic E-state index is 12.6. The first kappa shape index (κ1) is 21.8. The number of hydrogen-bond acceptors (Lipinski definition) is 4. The summed E-state index contributed by atoms with van der Waals surface area (Å²) in [4.78, 5) is 12.6. The summed E-state index contributed by atoms with van der Waals surface area (Å²) >= 11 is 0. The summed E-state index contributed by atoms with van der Waals surface area (Å²) in [7, 11) is -3.00. The second kappa shape index (κ2) is 8.64. The first-order chi connectivity index (χ1) is 15.3. The molecule has 0 spiro atoms. The van der Waals surface area contributed by atoms with E-state index in [1.54, 1.807) is 6.08 Å². The van der Waals surface area contributed by atoms with Gasteiger partial charge in [-0.25, -0.2) is 8.42 Å². The van der Waals surface area contributed by atoms with Crippen LogP contribution in [-0.4, -0.2) is 36.9 Å². The Kier molecular flexibility index (Phi) is 5.90. The molecule has 0 aliphatic carbocycles. The van der Waals surface area contributed by atoms with Gasteiger partial charge in [0.05, 0.1) is 17.2 Å². The topological polar surface area (TPSA) is 92.0 Å². The molecular weight excluding hydrogens is 422 g/mol. The number of aryl methyl sites for hydroxylation is 1. The lowest BCUT2D eigenvalue weighted by molar-refractivity contribution is -0.117. The molecule has 7 heteroatoms. The highest BCUT2D eigenvalue weighted by molar-refractivity contribution is 7.91. The quantitative estimate of drug-likeness (QED) is 0.477. The summed E-state index contributed by atoms with van der Waals surface area (Å²) in [5.74, 6) is -0.327. The Bertz CT molecular complexity index is 1370. The van der Waals surface area contributed by atoms with Gasteiger partial charge in [-0.1, -0.05) is 36.4 Å². The van der Waals surface area contributed by atoms with Gasteiger partial charge in [0.1, 0.15) is 11.6 Å². The Balaban J connectivity index is 1.61. The summed E-state index contributed by atoms with van der Waals surface area (Å²) in [6.45, 7) is 4.22. The normalized spacial score (nSPS) is 17.9. The van der Waals surface area contributed by atoms with Crippen LogP contribution in [0.25, 0.3) is 22.5 Å². The molecule has 1 aliphatic rings. The molecule has 0 radical (unpaired) electrons. The SMILES string of the molecule is Cc1cc(C=C(C#N)C(=O)NCC2CCS(=O)(=O)C2)c(C)n1-c1cccc2ccccc12. The van der Waals surface area contributed by atoms with E-state index in [-0.39, 0.29) is 29.5 Å². The third-order valence-electron chi connectivity index (χ3n) is 6.02. The summed E-state index contributed by atoms with van der Waals surface area (Å²) in [6, 6.07) is 18.3. The monoisotopic (exact) mass is 447 g/mol. The van der Waals surface area contributed by atoms with Crippen LogP contribution in [0.2, 0.25) is 0 Å². The number of benzene rings is 2. The molecule has 1 atom stereocenters. The van der Waals surface area contributed by atoms with Crippen molar-refractivity contribution in [2.24, 2.45) is 5.92 Å². The van der Waals surface area contributed by atoms with E-state index < -0.39 is 15.7 Å². The van der Waals surface area contributed by atoms with Gasteiger partial charge >= 0.3 is 0 Å². The largest absolute Gasteiger partial charge is 0.351 e. The minimum absolute atomic E-state index is 0.00373. The lowest BCUT2D eigenvalue weighted by Crippen LogP contribution is -2.30. The van der Waals surface area contributed by atoms with E-state index in [0.29, 0.717) is 6.42 Å². The molecule has 2 heterocycles. The maximum atomic E-state index is 12.6. The summed E-state index contributed by atoms with van der Waals surface area (Å²) in [5, 5.41) is 14.6. The molecule has 1 fully saturated rings. The lowest BCUT2D eigenvalue weighted by Gasteiger charge is -2.13. The fourth-order valence-corrected chi connectivity index (χ4v) is 6.24. The Morgan fingerprint density at radius 1 is 1.22 bits per heavy atom. The average molecular weight is 448 g/mol. The molecule has 0 saturated carbocycles. The molecule has 0 bridgehead atoms. The fraction of sp³-hybridized carbons (Fsp3) is 0.280. The molecule has 1 unspecified atom stereocenters. The van der Waals surface area contributed by atoms with Crippen molar-refractivity contribution in [3.63, 3.8) is 0 Å². The summed E-state index contributed by atoms with van der Waals surface area (Å²) < 4.78 is 25.3. The van der Waals surface area contributed by atoms with Crippen LogP contribution in [0.3, 0.4) is 0 Å². The average Bonchev–Trinajstić information content (AvgIpc) is 3.27. The second-order valence-electron chi connectivity index (χ2n) is 8.31. The molecule has 32 heavy (non-hydrogen) atoms. The van der Waals surface area contributed by atoms with Crippen LogP contribution >= 0.6 is 0 Å². The van der Waals surface area contributed by atoms with Gasteiger partial charge in [0.15, 0.2) is 9.84 Å². The zero-order valence-electron chi connectivity index (χ0n) is 18.1. The van der Waals surface area contributed by atoms with Crippen molar-refractivity contribution in [2.45, 2.75) is 20.3 Å². The predicted molar refractivity (Wildman–Crippen MR) is 126 cm³/mol. The number of hydrogen-bond donors (Lipinski definition) is 1. The smallest absolute Gasteiger partial charge is 0.261 e. The van der Waals surface area contributed by atoms with E-state index in [2.05, 4.69) is 34.1 Å². The molecule has 1 aromatic heterocycles. The van der Waals surface area contributed by atoms with Gasteiger partial charge in [0.25, 0.3) is 5.91 Å². The summed E-state index contributed by atoms with van der Waals surface area (Å²) in [6.07, 6.45) is 2.14. The van der Waals surface area contributed by atoms with Crippen LogP contribution in [-0.2, 0) is 14.6 Å². The number of fused-ring (bicyclic) bond motifs is 1. The highest BCUT2D eigenvalue weighted by atomic mass is 32.2. The number of rotatable bonds is 5. The standard InChI is InChI=1S/C25H25N3O3S/c1-17-12-21(13-22(14-26)25(29)27-15-19-10-11-32(30,31)16-19)18(2)28(17)24-9-5-7-20-6-3-4-8-23(20)24/h3-9,12-13,19H,10-11,15-16H2,1-2H3,(H,27,29). The van der Waals surface area contributed by atoms with Crippen molar-refractivity contribution in [2.75, 3.05) is 18.1 Å². The maximum Gasteiger partial charge on any atom is 0.261 e. The van der Waals surface area contributed by atoms with Gasteiger partial charge in [0.2, 0.25) is 0 Å². The first-order valence-corrected chi connectivity index (χ1v) is 12.4. The Morgan fingerprint density at radius 3 is 2.69 bits per heavy atom. The Morgan fingerprint density at radius 2 is 1.97 bits per heavy atom. The predicted octanol–water partition coefficient (Wildman–Crippen LogP) is 3.71. The number of carbonyl (C=O) groups is 1. The second-order valence-corrected chi connectivity index (χ2v) is 10.5. The fourth-order valence-electron chi connectivity index (χ4n) is 4.38. The minimum atomic E-state index is -3.00. The van der Waals surface area contributed by atoms with Crippen LogP contribution < -0.4 is 5.32 Å². The lowest BCUT2D eigenvalue weighted by atomic mass is 10.1. The zero-order valence-corrected chi connectivity index (χ0v) is 18.9. The molecule has 164 valence electrons. The van der Waals surface area contributed by atoms with E-state index in [9.17, 15) is 18.5 Å². The van der Waals surface area contributed by atoms with Gasteiger partial charge in [-0.3, -0.25) is 4.79 Å². The number of nitrogens with one attached hydrogen (secondary N) is 1. The molecule has 1 saturated heterocycles. The highest BCUT2D eigenvalue weighted by Crippen LogP contribution is 2.28. The molecule has 1 amide bonds. The number of aromatic nitrogens is 1. The van der Waals surface area contributed by atoms with Crippen LogP contribution in [0, 0.1) is 31.1 Å².